The van der Waals surface area contributed by atoms with E-state index in [2.05, 4.69) is 26.6 Å². The quantitative estimate of drug-likeness (QED) is 0.0937. The van der Waals surface area contributed by atoms with Crippen LogP contribution in [0.4, 0.5) is 17.1 Å². The molecule has 1 heterocycles. The SMILES string of the molecule is O=C(Nc1ccc(SC2CC(=O)N(c3ccc([N+](=O)[O-])cc3)C2=O)cc1)/C(=C/c1cccc(Br)c1)NC(=O)c1ccccc1. The van der Waals surface area contributed by atoms with Gasteiger partial charge in [0, 0.05) is 39.2 Å². The Morgan fingerprint density at radius 1 is 0.932 bits per heavy atom. The van der Waals surface area contributed by atoms with Gasteiger partial charge in [-0.3, -0.25) is 29.3 Å². The third kappa shape index (κ3) is 7.28. The van der Waals surface area contributed by atoms with Crippen molar-refractivity contribution in [3.63, 3.8) is 0 Å². The number of nitro benzene ring substituents is 1. The van der Waals surface area contributed by atoms with E-state index in [1.807, 2.05) is 18.2 Å². The van der Waals surface area contributed by atoms with E-state index in [4.69, 9.17) is 0 Å². The Bertz CT molecular complexity index is 1780. The minimum absolute atomic E-state index is 0.0240. The van der Waals surface area contributed by atoms with Crippen molar-refractivity contribution in [2.75, 3.05) is 10.2 Å². The molecule has 0 radical (unpaired) electrons. The number of imide groups is 1. The highest BCUT2D eigenvalue weighted by Gasteiger charge is 2.40. The molecule has 1 saturated heterocycles. The van der Waals surface area contributed by atoms with Crippen LogP contribution in [0.2, 0.25) is 0 Å². The normalized spacial score (nSPS) is 14.8. The minimum Gasteiger partial charge on any atom is -0.321 e. The Morgan fingerprint density at radius 3 is 2.30 bits per heavy atom. The van der Waals surface area contributed by atoms with Crippen LogP contribution in [-0.4, -0.2) is 33.8 Å². The maximum Gasteiger partial charge on any atom is 0.272 e. The predicted octanol–water partition coefficient (Wildman–Crippen LogP) is 6.19. The molecule has 0 bridgehead atoms. The van der Waals surface area contributed by atoms with Crippen molar-refractivity contribution in [3.8, 4) is 0 Å². The molecule has 220 valence electrons. The molecule has 0 spiro atoms. The number of non-ortho nitro benzene ring substituents is 1. The van der Waals surface area contributed by atoms with Crippen molar-refractivity contribution < 1.29 is 24.1 Å². The van der Waals surface area contributed by atoms with E-state index in [0.717, 1.165) is 9.37 Å². The summed E-state index contributed by atoms with van der Waals surface area (Å²) in [7, 11) is 0. The maximum atomic E-state index is 13.3. The van der Waals surface area contributed by atoms with Gasteiger partial charge in [-0.1, -0.05) is 46.3 Å². The molecule has 10 nitrogen and oxygen atoms in total. The number of nitrogens with one attached hydrogen (secondary N) is 2. The third-order valence-corrected chi connectivity index (χ3v) is 8.19. The van der Waals surface area contributed by atoms with Gasteiger partial charge in [0.1, 0.15) is 5.70 Å². The van der Waals surface area contributed by atoms with Crippen molar-refractivity contribution in [1.29, 1.82) is 0 Å². The van der Waals surface area contributed by atoms with E-state index in [1.54, 1.807) is 66.7 Å². The van der Waals surface area contributed by atoms with Crippen molar-refractivity contribution in [3.05, 3.63) is 135 Å². The highest BCUT2D eigenvalue weighted by molar-refractivity contribution is 9.10. The van der Waals surface area contributed by atoms with Crippen LogP contribution in [0.3, 0.4) is 0 Å². The summed E-state index contributed by atoms with van der Waals surface area (Å²) in [6, 6.07) is 27.8. The molecule has 4 aromatic carbocycles. The molecule has 1 unspecified atom stereocenters. The van der Waals surface area contributed by atoms with E-state index >= 15 is 0 Å². The molecule has 44 heavy (non-hydrogen) atoms. The van der Waals surface area contributed by atoms with Gasteiger partial charge in [0.2, 0.25) is 11.8 Å². The highest BCUT2D eigenvalue weighted by Crippen LogP contribution is 2.35. The van der Waals surface area contributed by atoms with Crippen LogP contribution in [0.1, 0.15) is 22.3 Å². The molecular formula is C32H23BrN4O6S. The maximum absolute atomic E-state index is 13.3. The lowest BCUT2D eigenvalue weighted by atomic mass is 10.1. The van der Waals surface area contributed by atoms with Gasteiger partial charge in [-0.05, 0) is 72.3 Å². The zero-order valence-corrected chi connectivity index (χ0v) is 25.2. The molecule has 12 heteroatoms. The molecule has 4 amide bonds. The first-order valence-corrected chi connectivity index (χ1v) is 14.9. The fourth-order valence-electron chi connectivity index (χ4n) is 4.38. The van der Waals surface area contributed by atoms with E-state index in [-0.39, 0.29) is 23.5 Å². The van der Waals surface area contributed by atoms with Crippen LogP contribution < -0.4 is 15.5 Å². The topological polar surface area (TPSA) is 139 Å². The minimum atomic E-state index is -0.675. The third-order valence-electron chi connectivity index (χ3n) is 6.50. The van der Waals surface area contributed by atoms with Crippen molar-refractivity contribution in [2.45, 2.75) is 16.6 Å². The van der Waals surface area contributed by atoms with Gasteiger partial charge in [0.05, 0.1) is 15.9 Å². The molecule has 1 fully saturated rings. The lowest BCUT2D eigenvalue weighted by molar-refractivity contribution is -0.384. The number of benzene rings is 4. The van der Waals surface area contributed by atoms with Crippen LogP contribution in [-0.2, 0) is 14.4 Å². The second-order valence-corrected chi connectivity index (χ2v) is 11.8. The summed E-state index contributed by atoms with van der Waals surface area (Å²) >= 11 is 4.62. The summed E-state index contributed by atoms with van der Waals surface area (Å²) in [6.45, 7) is 0. The van der Waals surface area contributed by atoms with E-state index < -0.39 is 33.8 Å². The fraction of sp³-hybridized carbons (Fsp3) is 0.0625. The number of carbonyl (C=O) groups is 4. The van der Waals surface area contributed by atoms with Gasteiger partial charge in [-0.25, -0.2) is 4.90 Å². The lowest BCUT2D eigenvalue weighted by Crippen LogP contribution is -2.31. The van der Waals surface area contributed by atoms with Crippen LogP contribution >= 0.6 is 27.7 Å². The number of amides is 4. The average molecular weight is 672 g/mol. The van der Waals surface area contributed by atoms with Gasteiger partial charge >= 0.3 is 0 Å². The molecule has 4 aromatic rings. The first-order chi connectivity index (χ1) is 21.2. The van der Waals surface area contributed by atoms with E-state index in [0.29, 0.717) is 21.7 Å². The molecule has 1 aliphatic rings. The summed E-state index contributed by atoms with van der Waals surface area (Å²) in [4.78, 5) is 63.9. The second kappa shape index (κ2) is 13.5. The first-order valence-electron chi connectivity index (χ1n) is 13.2. The molecule has 1 atom stereocenters. The van der Waals surface area contributed by atoms with Crippen LogP contribution in [0.25, 0.3) is 6.08 Å². The number of hydrogen-bond acceptors (Lipinski definition) is 7. The Balaban J connectivity index is 1.27. The van der Waals surface area contributed by atoms with Crippen LogP contribution in [0, 0.1) is 10.1 Å². The van der Waals surface area contributed by atoms with Gasteiger partial charge in [-0.15, -0.1) is 11.8 Å². The Hall–Kier alpha value is -5.07. The van der Waals surface area contributed by atoms with Crippen molar-refractivity contribution in [1.82, 2.24) is 5.32 Å². The molecule has 0 aliphatic carbocycles. The Labute approximate surface area is 264 Å². The predicted molar refractivity (Wildman–Crippen MR) is 171 cm³/mol. The van der Waals surface area contributed by atoms with Crippen molar-refractivity contribution >= 4 is 74.5 Å². The van der Waals surface area contributed by atoms with Gasteiger partial charge < -0.3 is 10.6 Å². The molecule has 5 rings (SSSR count). The largest absolute Gasteiger partial charge is 0.321 e. The zero-order chi connectivity index (χ0) is 31.2. The van der Waals surface area contributed by atoms with Crippen LogP contribution in [0.5, 0.6) is 0 Å². The molecule has 1 aliphatic heterocycles. The highest BCUT2D eigenvalue weighted by atomic mass is 79.9. The fourth-order valence-corrected chi connectivity index (χ4v) is 5.85. The first kappa shape index (κ1) is 30.4. The number of nitro groups is 1. The summed E-state index contributed by atoms with van der Waals surface area (Å²) in [5, 5.41) is 15.7. The number of rotatable bonds is 9. The molecule has 2 N–H and O–H groups in total. The summed E-state index contributed by atoms with van der Waals surface area (Å²) < 4.78 is 0.812. The lowest BCUT2D eigenvalue weighted by Gasteiger charge is -2.15. The molecular weight excluding hydrogens is 648 g/mol. The smallest absolute Gasteiger partial charge is 0.272 e. The summed E-state index contributed by atoms with van der Waals surface area (Å²) in [6.07, 6.45) is 1.55. The van der Waals surface area contributed by atoms with Gasteiger partial charge in [0.25, 0.3) is 17.5 Å². The van der Waals surface area contributed by atoms with Gasteiger partial charge in [-0.2, -0.15) is 0 Å². The number of hydrogen-bond donors (Lipinski definition) is 2. The molecule has 0 aromatic heterocycles. The monoisotopic (exact) mass is 670 g/mol. The van der Waals surface area contributed by atoms with E-state index in [9.17, 15) is 29.3 Å². The number of anilines is 2. The summed E-state index contributed by atoms with van der Waals surface area (Å²) in [5.74, 6) is -1.78. The number of halogens is 1. The molecule has 0 saturated carbocycles. The Kier molecular flexibility index (Phi) is 9.32. The second-order valence-electron chi connectivity index (χ2n) is 9.56. The summed E-state index contributed by atoms with van der Waals surface area (Å²) in [5.41, 5.74) is 1.72. The number of thioether (sulfide) groups is 1. The Morgan fingerprint density at radius 2 is 1.64 bits per heavy atom. The zero-order valence-electron chi connectivity index (χ0n) is 22.8. The van der Waals surface area contributed by atoms with Crippen LogP contribution in [0.15, 0.2) is 118 Å². The van der Waals surface area contributed by atoms with E-state index in [1.165, 1.54) is 36.0 Å². The average Bonchev–Trinajstić information content (AvgIpc) is 3.30. The standard InChI is InChI=1S/C32H23BrN4O6S/c33-22-8-4-5-20(17-22)18-27(35-30(39)21-6-2-1-3-7-21)31(40)34-23-9-15-26(16-10-23)44-28-19-29(38)36(32(28)41)24-11-13-25(14-12-24)37(42)43/h1-18,28H,19H2,(H,34,40)(H,35,39)/b27-18-. The van der Waals surface area contributed by atoms with Gasteiger partial charge in [0.15, 0.2) is 0 Å². The van der Waals surface area contributed by atoms with Crippen molar-refractivity contribution in [2.24, 2.45) is 0 Å². The number of carbonyl (C=O) groups excluding carboxylic acids is 4. The number of nitrogens with zero attached hydrogens (tertiary/aromatic N) is 2.